The van der Waals surface area contributed by atoms with E-state index in [0.717, 1.165) is 49.7 Å². The van der Waals surface area contributed by atoms with Gasteiger partial charge in [-0.1, -0.05) is 18.2 Å². The third-order valence-electron chi connectivity index (χ3n) is 5.40. The monoisotopic (exact) mass is 392 g/mol. The van der Waals surface area contributed by atoms with Crippen LogP contribution in [0.1, 0.15) is 34.8 Å². The lowest BCUT2D eigenvalue weighted by Gasteiger charge is -2.32. The van der Waals surface area contributed by atoms with Crippen molar-refractivity contribution in [3.8, 4) is 5.69 Å². The molecule has 4 rings (SSSR count). The summed E-state index contributed by atoms with van der Waals surface area (Å²) in [5.74, 6) is 2.32. The molecule has 29 heavy (non-hydrogen) atoms. The van der Waals surface area contributed by atoms with Crippen LogP contribution in [0.15, 0.2) is 48.7 Å². The van der Waals surface area contributed by atoms with Crippen molar-refractivity contribution in [2.75, 3.05) is 18.0 Å². The molecular formula is C21H24N6O2. The van der Waals surface area contributed by atoms with Crippen LogP contribution in [0.5, 0.6) is 0 Å². The zero-order chi connectivity index (χ0) is 20.2. The van der Waals surface area contributed by atoms with Gasteiger partial charge in [0.15, 0.2) is 5.82 Å². The number of anilines is 1. The molecule has 0 bridgehead atoms. The topological polar surface area (TPSA) is 110 Å². The van der Waals surface area contributed by atoms with E-state index in [1.54, 1.807) is 6.07 Å². The maximum absolute atomic E-state index is 11.2. The van der Waals surface area contributed by atoms with Gasteiger partial charge in [0.05, 0.1) is 5.56 Å². The molecule has 3 N–H and O–H groups in total. The molecule has 3 aromatic rings. The second-order valence-corrected chi connectivity index (χ2v) is 7.27. The zero-order valence-corrected chi connectivity index (χ0v) is 16.1. The molecule has 0 spiro atoms. The van der Waals surface area contributed by atoms with Crippen molar-refractivity contribution in [2.45, 2.75) is 25.9 Å². The van der Waals surface area contributed by atoms with Gasteiger partial charge in [0.1, 0.15) is 18.2 Å². The summed E-state index contributed by atoms with van der Waals surface area (Å²) in [6, 6.07) is 13.5. The van der Waals surface area contributed by atoms with E-state index < -0.39 is 5.91 Å². The molecule has 0 radical (unpaired) electrons. The predicted molar refractivity (Wildman–Crippen MR) is 109 cm³/mol. The van der Waals surface area contributed by atoms with E-state index in [-0.39, 0.29) is 6.61 Å². The number of carbonyl (C=O) groups is 1. The lowest BCUT2D eigenvalue weighted by atomic mass is 9.93. The summed E-state index contributed by atoms with van der Waals surface area (Å²) in [5.41, 5.74) is 6.66. The number of rotatable bonds is 6. The van der Waals surface area contributed by atoms with Crippen molar-refractivity contribution in [3.05, 3.63) is 65.9 Å². The average Bonchev–Trinajstić information content (AvgIpc) is 3.17. The summed E-state index contributed by atoms with van der Waals surface area (Å²) in [4.78, 5) is 17.8. The van der Waals surface area contributed by atoms with Gasteiger partial charge in [0, 0.05) is 31.4 Å². The summed E-state index contributed by atoms with van der Waals surface area (Å²) in [5, 5.41) is 18.2. The van der Waals surface area contributed by atoms with E-state index in [4.69, 9.17) is 5.73 Å². The van der Waals surface area contributed by atoms with Gasteiger partial charge in [-0.15, -0.1) is 10.2 Å². The molecule has 1 aliphatic heterocycles. The van der Waals surface area contributed by atoms with E-state index >= 15 is 0 Å². The first-order chi connectivity index (χ1) is 14.2. The third-order valence-corrected chi connectivity index (χ3v) is 5.40. The lowest BCUT2D eigenvalue weighted by molar-refractivity contribution is 0.1000. The number of aliphatic hydroxyl groups excluding tert-OH is 1. The summed E-state index contributed by atoms with van der Waals surface area (Å²) >= 11 is 0. The Morgan fingerprint density at radius 1 is 1.07 bits per heavy atom. The molecule has 1 fully saturated rings. The van der Waals surface area contributed by atoms with E-state index in [1.165, 1.54) is 6.20 Å². The van der Waals surface area contributed by atoms with Gasteiger partial charge in [-0.2, -0.15) is 0 Å². The Bertz CT molecular complexity index is 963. The highest BCUT2D eigenvalue weighted by Crippen LogP contribution is 2.25. The van der Waals surface area contributed by atoms with E-state index in [0.29, 0.717) is 17.3 Å². The summed E-state index contributed by atoms with van der Waals surface area (Å²) in [6.45, 7) is 1.63. The molecule has 0 unspecified atom stereocenters. The van der Waals surface area contributed by atoms with Crippen LogP contribution in [0.25, 0.3) is 5.69 Å². The summed E-state index contributed by atoms with van der Waals surface area (Å²) < 4.78 is 1.95. The number of carbonyl (C=O) groups excluding carboxylic acids is 1. The molecule has 1 aliphatic rings. The standard InChI is InChI=1S/C21H24N6O2/c22-21(29)16-6-7-18(23-13-16)26-10-8-15(9-11-26)12-19-24-25-20(14-28)27(19)17-4-2-1-3-5-17/h1-7,13,15,28H,8-12,14H2,(H2,22,29). The van der Waals surface area contributed by atoms with Gasteiger partial charge in [-0.05, 0) is 43.0 Å². The Balaban J connectivity index is 1.43. The molecule has 3 heterocycles. The van der Waals surface area contributed by atoms with Crippen molar-refractivity contribution in [2.24, 2.45) is 11.7 Å². The molecule has 150 valence electrons. The SMILES string of the molecule is NC(=O)c1ccc(N2CCC(Cc3nnc(CO)n3-c3ccccc3)CC2)nc1. The summed E-state index contributed by atoms with van der Waals surface area (Å²) in [6.07, 6.45) is 4.36. The van der Waals surface area contributed by atoms with E-state index in [1.807, 2.05) is 41.0 Å². The number of piperidine rings is 1. The fourth-order valence-corrected chi connectivity index (χ4v) is 3.81. The lowest BCUT2D eigenvalue weighted by Crippen LogP contribution is -2.35. The normalized spacial score (nSPS) is 14.9. The predicted octanol–water partition coefficient (Wildman–Crippen LogP) is 1.71. The second kappa shape index (κ2) is 8.40. The largest absolute Gasteiger partial charge is 0.388 e. The van der Waals surface area contributed by atoms with E-state index in [9.17, 15) is 9.90 Å². The highest BCUT2D eigenvalue weighted by Gasteiger charge is 2.23. The van der Waals surface area contributed by atoms with Crippen LogP contribution in [-0.2, 0) is 13.0 Å². The second-order valence-electron chi connectivity index (χ2n) is 7.27. The van der Waals surface area contributed by atoms with Crippen molar-refractivity contribution in [1.29, 1.82) is 0 Å². The molecule has 0 saturated carbocycles. The molecular weight excluding hydrogens is 368 g/mol. The number of nitrogens with zero attached hydrogens (tertiary/aromatic N) is 5. The van der Waals surface area contributed by atoms with Gasteiger partial charge < -0.3 is 15.7 Å². The van der Waals surface area contributed by atoms with Crippen molar-refractivity contribution >= 4 is 11.7 Å². The van der Waals surface area contributed by atoms with Gasteiger partial charge >= 0.3 is 0 Å². The summed E-state index contributed by atoms with van der Waals surface area (Å²) in [7, 11) is 0. The Morgan fingerprint density at radius 2 is 1.79 bits per heavy atom. The Kier molecular flexibility index (Phi) is 5.53. The Hall–Kier alpha value is -3.26. The number of aliphatic hydroxyl groups is 1. The minimum atomic E-state index is -0.465. The number of primary amides is 1. The molecule has 1 aromatic carbocycles. The van der Waals surface area contributed by atoms with Crippen molar-refractivity contribution < 1.29 is 9.90 Å². The first-order valence-electron chi connectivity index (χ1n) is 9.76. The minimum absolute atomic E-state index is 0.146. The number of hydrogen-bond acceptors (Lipinski definition) is 6. The molecule has 0 aliphatic carbocycles. The van der Waals surface area contributed by atoms with Crippen LogP contribution in [0, 0.1) is 5.92 Å². The Labute approximate surface area is 169 Å². The number of para-hydroxylation sites is 1. The van der Waals surface area contributed by atoms with Gasteiger partial charge in [0.2, 0.25) is 5.91 Å². The van der Waals surface area contributed by atoms with Crippen molar-refractivity contribution in [1.82, 2.24) is 19.7 Å². The van der Waals surface area contributed by atoms with Crippen LogP contribution >= 0.6 is 0 Å². The molecule has 1 amide bonds. The number of pyridine rings is 1. The quantitative estimate of drug-likeness (QED) is 0.661. The van der Waals surface area contributed by atoms with Crippen LogP contribution in [0.4, 0.5) is 5.82 Å². The number of nitrogens with two attached hydrogens (primary N) is 1. The highest BCUT2D eigenvalue weighted by molar-refractivity contribution is 5.92. The zero-order valence-electron chi connectivity index (χ0n) is 16.1. The molecule has 1 saturated heterocycles. The van der Waals surface area contributed by atoms with Crippen LogP contribution in [0.2, 0.25) is 0 Å². The molecule has 0 atom stereocenters. The van der Waals surface area contributed by atoms with E-state index in [2.05, 4.69) is 20.1 Å². The molecule has 2 aromatic heterocycles. The molecule has 8 nitrogen and oxygen atoms in total. The highest BCUT2D eigenvalue weighted by atomic mass is 16.3. The first-order valence-corrected chi connectivity index (χ1v) is 9.76. The average molecular weight is 392 g/mol. The maximum Gasteiger partial charge on any atom is 0.250 e. The number of aromatic nitrogens is 4. The van der Waals surface area contributed by atoms with Gasteiger partial charge in [-0.3, -0.25) is 9.36 Å². The van der Waals surface area contributed by atoms with Crippen LogP contribution in [-0.4, -0.2) is 43.9 Å². The Morgan fingerprint density at radius 3 is 2.41 bits per heavy atom. The smallest absolute Gasteiger partial charge is 0.250 e. The number of hydrogen-bond donors (Lipinski definition) is 2. The maximum atomic E-state index is 11.2. The van der Waals surface area contributed by atoms with Crippen LogP contribution < -0.4 is 10.6 Å². The number of amides is 1. The van der Waals surface area contributed by atoms with Gasteiger partial charge in [0.25, 0.3) is 0 Å². The molecule has 8 heteroatoms. The fraction of sp³-hybridized carbons (Fsp3) is 0.333. The first kappa shape index (κ1) is 19.1. The fourth-order valence-electron chi connectivity index (χ4n) is 3.81. The van der Waals surface area contributed by atoms with Crippen LogP contribution in [0.3, 0.4) is 0 Å². The number of benzene rings is 1. The third kappa shape index (κ3) is 4.12. The van der Waals surface area contributed by atoms with Crippen molar-refractivity contribution in [3.63, 3.8) is 0 Å². The van der Waals surface area contributed by atoms with Gasteiger partial charge in [-0.25, -0.2) is 4.98 Å². The minimum Gasteiger partial charge on any atom is -0.388 e.